The van der Waals surface area contributed by atoms with Crippen LogP contribution in [-0.2, 0) is 20.7 Å². The highest BCUT2D eigenvalue weighted by Gasteiger charge is 2.25. The fourth-order valence-electron chi connectivity index (χ4n) is 2.47. The molecule has 1 amide bonds. The zero-order valence-electron chi connectivity index (χ0n) is 15.1. The number of nitrogens with one attached hydrogen (secondary N) is 2. The minimum atomic E-state index is -1.17. The number of carboxylic acid groups (broad SMARTS) is 1. The molecule has 3 N–H and O–H groups in total. The summed E-state index contributed by atoms with van der Waals surface area (Å²) < 4.78 is 9.79. The molecule has 0 fully saturated rings. The van der Waals surface area contributed by atoms with E-state index in [0.29, 0.717) is 16.6 Å². The molecule has 0 aliphatic carbocycles. The lowest BCUT2D eigenvalue weighted by Crippen LogP contribution is -2.44. The van der Waals surface area contributed by atoms with Crippen LogP contribution in [0.4, 0.5) is 4.79 Å². The number of methoxy groups -OCH3 is 1. The minimum absolute atomic E-state index is 0.0617. The first-order valence-corrected chi connectivity index (χ1v) is 8.01. The highest BCUT2D eigenvalue weighted by molar-refractivity contribution is 5.95. The van der Waals surface area contributed by atoms with Crippen molar-refractivity contribution in [2.24, 2.45) is 0 Å². The zero-order valence-corrected chi connectivity index (χ0v) is 15.1. The van der Waals surface area contributed by atoms with Gasteiger partial charge in [-0.3, -0.25) is 0 Å². The molecule has 1 unspecified atom stereocenters. The van der Waals surface area contributed by atoms with Crippen molar-refractivity contribution in [1.29, 1.82) is 0 Å². The van der Waals surface area contributed by atoms with Gasteiger partial charge in [0.05, 0.1) is 12.7 Å². The molecule has 0 saturated heterocycles. The van der Waals surface area contributed by atoms with Crippen LogP contribution in [0.15, 0.2) is 24.4 Å². The van der Waals surface area contributed by atoms with Crippen LogP contribution < -0.4 is 5.32 Å². The third-order valence-corrected chi connectivity index (χ3v) is 3.60. The number of benzene rings is 1. The predicted molar refractivity (Wildman–Crippen MR) is 94.1 cm³/mol. The monoisotopic (exact) mass is 362 g/mol. The summed E-state index contributed by atoms with van der Waals surface area (Å²) in [6.07, 6.45) is 0.919. The van der Waals surface area contributed by atoms with E-state index in [4.69, 9.17) is 4.74 Å². The zero-order chi connectivity index (χ0) is 19.5. The quantitative estimate of drug-likeness (QED) is 0.703. The van der Waals surface area contributed by atoms with Gasteiger partial charge in [-0.05, 0) is 38.5 Å². The third kappa shape index (κ3) is 4.75. The topological polar surface area (TPSA) is 118 Å². The lowest BCUT2D eigenvalue weighted by atomic mass is 10.0. The van der Waals surface area contributed by atoms with E-state index in [2.05, 4.69) is 15.0 Å². The first kappa shape index (κ1) is 19.3. The van der Waals surface area contributed by atoms with E-state index in [0.717, 1.165) is 5.39 Å². The Balaban J connectivity index is 2.20. The van der Waals surface area contributed by atoms with Gasteiger partial charge in [0, 0.05) is 23.5 Å². The average Bonchev–Trinajstić information content (AvgIpc) is 2.93. The Morgan fingerprint density at radius 1 is 1.27 bits per heavy atom. The summed E-state index contributed by atoms with van der Waals surface area (Å²) >= 11 is 0. The van der Waals surface area contributed by atoms with Crippen LogP contribution in [0.1, 0.15) is 36.7 Å². The van der Waals surface area contributed by atoms with Crippen molar-refractivity contribution in [3.05, 3.63) is 35.5 Å². The molecule has 140 valence electrons. The molecule has 2 aromatic rings. The van der Waals surface area contributed by atoms with Crippen LogP contribution in [0.2, 0.25) is 0 Å². The first-order valence-electron chi connectivity index (χ1n) is 8.01. The largest absolute Gasteiger partial charge is 0.480 e. The van der Waals surface area contributed by atoms with Gasteiger partial charge in [-0.1, -0.05) is 6.07 Å². The van der Waals surface area contributed by atoms with Crippen LogP contribution in [-0.4, -0.2) is 46.9 Å². The average molecular weight is 362 g/mol. The Hall–Kier alpha value is -3.03. The summed E-state index contributed by atoms with van der Waals surface area (Å²) in [6, 6.07) is 3.79. The first-order chi connectivity index (χ1) is 12.1. The Bertz CT molecular complexity index is 834. The maximum absolute atomic E-state index is 11.9. The molecule has 2 rings (SSSR count). The van der Waals surface area contributed by atoms with Crippen LogP contribution in [0.25, 0.3) is 10.9 Å². The van der Waals surface area contributed by atoms with Crippen molar-refractivity contribution in [3.8, 4) is 0 Å². The molecule has 0 saturated carbocycles. The van der Waals surface area contributed by atoms with Crippen molar-refractivity contribution in [1.82, 2.24) is 10.3 Å². The van der Waals surface area contributed by atoms with E-state index in [1.807, 2.05) is 0 Å². The molecule has 0 bridgehead atoms. The Morgan fingerprint density at radius 2 is 1.96 bits per heavy atom. The summed E-state index contributed by atoms with van der Waals surface area (Å²) in [6.45, 7) is 5.09. The summed E-state index contributed by atoms with van der Waals surface area (Å²) in [5.74, 6) is -1.63. The van der Waals surface area contributed by atoms with Gasteiger partial charge in [0.25, 0.3) is 0 Å². The van der Waals surface area contributed by atoms with E-state index < -0.39 is 29.7 Å². The molecule has 1 atom stereocenters. The SMILES string of the molecule is COC(=O)c1ccc2c(CC(NC(=O)OC(C)(C)C)C(=O)O)c[nH]c2c1. The second kappa shape index (κ2) is 7.47. The summed E-state index contributed by atoms with van der Waals surface area (Å²) in [7, 11) is 1.30. The van der Waals surface area contributed by atoms with Crippen molar-refractivity contribution < 1.29 is 29.0 Å². The molecular formula is C18H22N2O6. The predicted octanol–water partition coefficient (Wildman–Crippen LogP) is 2.47. The van der Waals surface area contributed by atoms with Crippen LogP contribution >= 0.6 is 0 Å². The Labute approximate surface area is 150 Å². The molecule has 8 heteroatoms. The second-order valence-electron chi connectivity index (χ2n) is 6.81. The fraction of sp³-hybridized carbons (Fsp3) is 0.389. The number of carboxylic acids is 1. The van der Waals surface area contributed by atoms with Crippen LogP contribution in [0.3, 0.4) is 0 Å². The number of aromatic amines is 1. The van der Waals surface area contributed by atoms with E-state index >= 15 is 0 Å². The number of carbonyl (C=O) groups is 3. The van der Waals surface area contributed by atoms with Crippen molar-refractivity contribution in [2.45, 2.75) is 38.8 Å². The van der Waals surface area contributed by atoms with Gasteiger partial charge in [0.15, 0.2) is 0 Å². The second-order valence-corrected chi connectivity index (χ2v) is 6.81. The minimum Gasteiger partial charge on any atom is -0.480 e. The normalized spacial score (nSPS) is 12.5. The molecule has 0 spiro atoms. The van der Waals surface area contributed by atoms with Crippen LogP contribution in [0.5, 0.6) is 0 Å². The molecule has 0 radical (unpaired) electrons. The van der Waals surface area contributed by atoms with Crippen molar-refractivity contribution in [3.63, 3.8) is 0 Å². The number of fused-ring (bicyclic) bond motifs is 1. The Morgan fingerprint density at radius 3 is 2.54 bits per heavy atom. The van der Waals surface area contributed by atoms with Crippen LogP contribution in [0, 0.1) is 0 Å². The molecule has 1 heterocycles. The maximum Gasteiger partial charge on any atom is 0.408 e. The molecule has 26 heavy (non-hydrogen) atoms. The van der Waals surface area contributed by atoms with Gasteiger partial charge in [0.1, 0.15) is 11.6 Å². The number of hydrogen-bond acceptors (Lipinski definition) is 5. The molecule has 0 aliphatic heterocycles. The van der Waals surface area contributed by atoms with Crippen molar-refractivity contribution >= 4 is 28.9 Å². The number of aliphatic carboxylic acids is 1. The lowest BCUT2D eigenvalue weighted by molar-refractivity contribution is -0.139. The van der Waals surface area contributed by atoms with Gasteiger partial charge in [0.2, 0.25) is 0 Å². The molecular weight excluding hydrogens is 340 g/mol. The highest BCUT2D eigenvalue weighted by atomic mass is 16.6. The lowest BCUT2D eigenvalue weighted by Gasteiger charge is -2.22. The smallest absolute Gasteiger partial charge is 0.408 e. The van der Waals surface area contributed by atoms with Crippen molar-refractivity contribution in [2.75, 3.05) is 7.11 Å². The molecule has 0 aliphatic rings. The molecule has 1 aromatic heterocycles. The summed E-state index contributed by atoms with van der Waals surface area (Å²) in [5, 5.41) is 12.5. The number of amides is 1. The van der Waals surface area contributed by atoms with E-state index in [9.17, 15) is 19.5 Å². The van der Waals surface area contributed by atoms with Gasteiger partial charge in [-0.25, -0.2) is 14.4 Å². The third-order valence-electron chi connectivity index (χ3n) is 3.60. The fourth-order valence-corrected chi connectivity index (χ4v) is 2.47. The Kier molecular flexibility index (Phi) is 5.54. The number of aromatic nitrogens is 1. The number of H-pyrrole nitrogens is 1. The van der Waals surface area contributed by atoms with E-state index in [1.165, 1.54) is 7.11 Å². The maximum atomic E-state index is 11.9. The number of rotatable bonds is 5. The highest BCUT2D eigenvalue weighted by Crippen LogP contribution is 2.21. The van der Waals surface area contributed by atoms with E-state index in [-0.39, 0.29) is 6.42 Å². The van der Waals surface area contributed by atoms with Gasteiger partial charge in [-0.15, -0.1) is 0 Å². The standard InChI is InChI=1S/C18H22N2O6/c1-18(2,3)26-17(24)20-14(15(21)22)8-11-9-19-13-7-10(16(23)25-4)5-6-12(11)13/h5-7,9,14,19H,8H2,1-4H3,(H,20,24)(H,21,22). The molecule has 1 aromatic carbocycles. The summed E-state index contributed by atoms with van der Waals surface area (Å²) in [5.41, 5.74) is 1.03. The van der Waals surface area contributed by atoms with Gasteiger partial charge in [-0.2, -0.15) is 0 Å². The number of esters is 1. The number of ether oxygens (including phenoxy) is 2. The number of alkyl carbamates (subject to hydrolysis) is 1. The molecule has 8 nitrogen and oxygen atoms in total. The number of carbonyl (C=O) groups excluding carboxylic acids is 2. The van der Waals surface area contributed by atoms with Gasteiger partial charge >= 0.3 is 18.0 Å². The van der Waals surface area contributed by atoms with E-state index in [1.54, 1.807) is 45.2 Å². The summed E-state index contributed by atoms with van der Waals surface area (Å²) in [4.78, 5) is 38.0. The van der Waals surface area contributed by atoms with Gasteiger partial charge < -0.3 is 24.9 Å². The number of hydrogen-bond donors (Lipinski definition) is 3.